The van der Waals surface area contributed by atoms with Gasteiger partial charge in [0.05, 0.1) is 0 Å². The lowest BCUT2D eigenvalue weighted by molar-refractivity contribution is 0.642. The lowest BCUT2D eigenvalue weighted by Gasteiger charge is -2.12. The molecule has 0 spiro atoms. The molecule has 0 N–H and O–H groups in total. The number of benzene rings is 4. The average molecular weight is 361 g/mol. The Morgan fingerprint density at radius 2 is 0.929 bits per heavy atom. The van der Waals surface area contributed by atoms with Gasteiger partial charge in [0.25, 0.3) is 0 Å². The van der Waals surface area contributed by atoms with Crippen molar-refractivity contribution in [3.8, 4) is 22.3 Å². The van der Waals surface area contributed by atoms with Gasteiger partial charge in [-0.25, -0.2) is 0 Å². The summed E-state index contributed by atoms with van der Waals surface area (Å²) in [6.45, 7) is 4.53. The Bertz CT molecular complexity index is 1160. The number of nitrogens with zero attached hydrogens (tertiary/aromatic N) is 1. The summed E-state index contributed by atoms with van der Waals surface area (Å²) in [5.74, 6) is 0. The largest absolute Gasteiger partial charge is 0.338 e. The van der Waals surface area contributed by atoms with Gasteiger partial charge in [-0.1, -0.05) is 84.9 Å². The molecule has 0 bridgehead atoms. The fourth-order valence-electron chi connectivity index (χ4n) is 4.41. The van der Waals surface area contributed by atoms with E-state index in [-0.39, 0.29) is 0 Å². The molecule has 0 atom stereocenters. The van der Waals surface area contributed by atoms with Crippen LogP contribution in [-0.2, 0) is 0 Å². The van der Waals surface area contributed by atoms with Gasteiger partial charge in [0.1, 0.15) is 0 Å². The van der Waals surface area contributed by atoms with E-state index in [1.54, 1.807) is 0 Å². The second-order valence-corrected chi connectivity index (χ2v) is 7.60. The SMILES string of the molecule is CC(C)n1c2cccc(-c3ccccc3)c2c2c(-c3ccccc3)cccc21. The second kappa shape index (κ2) is 6.69. The minimum absolute atomic E-state index is 0.386. The minimum Gasteiger partial charge on any atom is -0.338 e. The monoisotopic (exact) mass is 361 g/mol. The predicted octanol–water partition coefficient (Wildman–Crippen LogP) is 7.71. The molecule has 1 heteroatoms. The molecule has 0 saturated heterocycles. The van der Waals surface area contributed by atoms with Crippen LogP contribution in [0.4, 0.5) is 0 Å². The first-order chi connectivity index (χ1) is 13.8. The molecule has 1 nitrogen and oxygen atoms in total. The van der Waals surface area contributed by atoms with Gasteiger partial charge in [-0.3, -0.25) is 0 Å². The van der Waals surface area contributed by atoms with Crippen molar-refractivity contribution in [3.05, 3.63) is 97.1 Å². The summed E-state index contributed by atoms with van der Waals surface area (Å²) in [6.07, 6.45) is 0. The van der Waals surface area contributed by atoms with Gasteiger partial charge >= 0.3 is 0 Å². The molecule has 0 saturated carbocycles. The predicted molar refractivity (Wildman–Crippen MR) is 121 cm³/mol. The number of hydrogen-bond acceptors (Lipinski definition) is 0. The maximum Gasteiger partial charge on any atom is 0.0500 e. The first kappa shape index (κ1) is 16.8. The Hall–Kier alpha value is -3.32. The lowest BCUT2D eigenvalue weighted by atomic mass is 9.95. The van der Waals surface area contributed by atoms with Crippen molar-refractivity contribution in [2.45, 2.75) is 19.9 Å². The van der Waals surface area contributed by atoms with Crippen LogP contribution in [0.5, 0.6) is 0 Å². The topological polar surface area (TPSA) is 4.93 Å². The summed E-state index contributed by atoms with van der Waals surface area (Å²) >= 11 is 0. The highest BCUT2D eigenvalue weighted by molar-refractivity contribution is 6.20. The van der Waals surface area contributed by atoms with Gasteiger partial charge in [0, 0.05) is 27.8 Å². The third-order valence-corrected chi connectivity index (χ3v) is 5.54. The zero-order chi connectivity index (χ0) is 19.1. The summed E-state index contributed by atoms with van der Waals surface area (Å²) in [5, 5.41) is 2.69. The number of rotatable bonds is 3. The van der Waals surface area contributed by atoms with Crippen LogP contribution in [0.3, 0.4) is 0 Å². The van der Waals surface area contributed by atoms with Crippen LogP contribution in [0.2, 0.25) is 0 Å². The Labute approximate surface area is 165 Å². The van der Waals surface area contributed by atoms with Crippen molar-refractivity contribution < 1.29 is 0 Å². The maximum atomic E-state index is 2.48. The summed E-state index contributed by atoms with van der Waals surface area (Å²) in [7, 11) is 0. The molecular weight excluding hydrogens is 338 g/mol. The van der Waals surface area contributed by atoms with E-state index in [1.807, 2.05) is 0 Å². The van der Waals surface area contributed by atoms with Crippen LogP contribution in [0, 0.1) is 0 Å². The molecule has 28 heavy (non-hydrogen) atoms. The zero-order valence-electron chi connectivity index (χ0n) is 16.3. The van der Waals surface area contributed by atoms with Gasteiger partial charge in [0.15, 0.2) is 0 Å². The van der Waals surface area contributed by atoms with Gasteiger partial charge < -0.3 is 4.57 Å². The van der Waals surface area contributed by atoms with Crippen molar-refractivity contribution in [2.24, 2.45) is 0 Å². The van der Waals surface area contributed by atoms with Crippen LogP contribution in [0.25, 0.3) is 44.1 Å². The summed E-state index contributed by atoms with van der Waals surface area (Å²) in [4.78, 5) is 0. The molecule has 0 aliphatic heterocycles. The van der Waals surface area contributed by atoms with Gasteiger partial charge in [0.2, 0.25) is 0 Å². The van der Waals surface area contributed by atoms with E-state index in [1.165, 1.54) is 44.1 Å². The molecule has 4 aromatic carbocycles. The van der Waals surface area contributed by atoms with E-state index >= 15 is 0 Å². The highest BCUT2D eigenvalue weighted by atomic mass is 15.0. The average Bonchev–Trinajstić information content (AvgIpc) is 3.10. The normalized spacial score (nSPS) is 11.5. The van der Waals surface area contributed by atoms with Crippen molar-refractivity contribution in [1.82, 2.24) is 4.57 Å². The maximum absolute atomic E-state index is 2.48. The standard InChI is InChI=1S/C27H23N/c1-19(2)28-24-17-9-15-22(20-11-5-3-6-12-20)26(24)27-23(16-10-18-25(27)28)21-13-7-4-8-14-21/h3-19H,1-2H3. The number of aromatic nitrogens is 1. The van der Waals surface area contributed by atoms with Crippen LogP contribution in [-0.4, -0.2) is 4.57 Å². The molecule has 0 aliphatic carbocycles. The number of fused-ring (bicyclic) bond motifs is 3. The Kier molecular flexibility index (Phi) is 4.02. The summed E-state index contributed by atoms with van der Waals surface area (Å²) in [6, 6.07) is 35.2. The molecule has 0 fully saturated rings. The molecule has 0 radical (unpaired) electrons. The highest BCUT2D eigenvalue weighted by Gasteiger charge is 2.19. The summed E-state index contributed by atoms with van der Waals surface area (Å²) in [5.41, 5.74) is 7.72. The number of hydrogen-bond donors (Lipinski definition) is 0. The molecule has 1 heterocycles. The third kappa shape index (κ3) is 2.55. The van der Waals surface area contributed by atoms with E-state index in [4.69, 9.17) is 0 Å². The van der Waals surface area contributed by atoms with E-state index in [2.05, 4.69) is 115 Å². The van der Waals surface area contributed by atoms with E-state index in [0.29, 0.717) is 6.04 Å². The molecule has 1 aromatic heterocycles. The van der Waals surface area contributed by atoms with Crippen LogP contribution < -0.4 is 0 Å². The van der Waals surface area contributed by atoms with Crippen molar-refractivity contribution >= 4 is 21.8 Å². The van der Waals surface area contributed by atoms with Crippen LogP contribution >= 0.6 is 0 Å². The first-order valence-corrected chi connectivity index (χ1v) is 9.92. The third-order valence-electron chi connectivity index (χ3n) is 5.54. The van der Waals surface area contributed by atoms with Crippen LogP contribution in [0.1, 0.15) is 19.9 Å². The first-order valence-electron chi connectivity index (χ1n) is 9.92. The highest BCUT2D eigenvalue weighted by Crippen LogP contribution is 2.42. The van der Waals surface area contributed by atoms with Crippen molar-refractivity contribution in [2.75, 3.05) is 0 Å². The minimum atomic E-state index is 0.386. The Morgan fingerprint density at radius 3 is 1.32 bits per heavy atom. The fourth-order valence-corrected chi connectivity index (χ4v) is 4.41. The Morgan fingerprint density at radius 1 is 0.500 bits per heavy atom. The van der Waals surface area contributed by atoms with Crippen molar-refractivity contribution in [3.63, 3.8) is 0 Å². The molecule has 136 valence electrons. The Balaban J connectivity index is 1.99. The quantitative estimate of drug-likeness (QED) is 0.310. The smallest absolute Gasteiger partial charge is 0.0500 e. The zero-order valence-corrected chi connectivity index (χ0v) is 16.3. The van der Waals surface area contributed by atoms with Gasteiger partial charge in [-0.05, 0) is 48.2 Å². The molecule has 5 rings (SSSR count). The lowest BCUT2D eigenvalue weighted by Crippen LogP contribution is -1.99. The second-order valence-electron chi connectivity index (χ2n) is 7.60. The molecule has 0 amide bonds. The van der Waals surface area contributed by atoms with E-state index in [9.17, 15) is 0 Å². The van der Waals surface area contributed by atoms with Gasteiger partial charge in [-0.2, -0.15) is 0 Å². The molecule has 5 aromatic rings. The summed E-state index contributed by atoms with van der Waals surface area (Å²) < 4.78 is 2.48. The van der Waals surface area contributed by atoms with E-state index in [0.717, 1.165) is 0 Å². The van der Waals surface area contributed by atoms with E-state index < -0.39 is 0 Å². The molecular formula is C27H23N. The fraction of sp³-hybridized carbons (Fsp3) is 0.111. The molecule has 0 aliphatic rings. The van der Waals surface area contributed by atoms with Crippen molar-refractivity contribution in [1.29, 1.82) is 0 Å². The molecule has 0 unspecified atom stereocenters. The van der Waals surface area contributed by atoms with Gasteiger partial charge in [-0.15, -0.1) is 0 Å². The van der Waals surface area contributed by atoms with Crippen LogP contribution in [0.15, 0.2) is 97.1 Å².